The number of aryl methyl sites for hydroxylation is 1. The van der Waals surface area contributed by atoms with Crippen LogP contribution in [0.2, 0.25) is 0 Å². The van der Waals surface area contributed by atoms with Crippen molar-refractivity contribution in [3.63, 3.8) is 0 Å². The standard InChI is InChI=1S/C15H8F10N2OS/c1-6-5-27(7-2-3-9(16)8(4-7)13(17,18)19)12(29-6)26-11(28)10(14(20,21)22)15(23,24)25/h2-5,10H,1H3. The molecule has 0 radical (unpaired) electrons. The topological polar surface area (TPSA) is 34.4 Å². The lowest BCUT2D eigenvalue weighted by molar-refractivity contribution is -0.273. The van der Waals surface area contributed by atoms with Crippen molar-refractivity contribution in [1.29, 1.82) is 0 Å². The average molecular weight is 454 g/mol. The molecule has 0 aliphatic carbocycles. The number of carbonyl (C=O) groups excluding carboxylic acids is 1. The predicted octanol–water partition coefficient (Wildman–Crippen LogP) is 5.17. The van der Waals surface area contributed by atoms with Crippen LogP contribution in [-0.2, 0) is 11.0 Å². The highest BCUT2D eigenvalue weighted by molar-refractivity contribution is 7.09. The van der Waals surface area contributed by atoms with Crippen LogP contribution < -0.4 is 4.80 Å². The molecule has 2 aromatic rings. The average Bonchev–Trinajstić information content (AvgIpc) is 2.83. The smallest absolute Gasteiger partial charge is 0.292 e. The summed E-state index contributed by atoms with van der Waals surface area (Å²) in [6.07, 6.45) is -16.0. The fourth-order valence-corrected chi connectivity index (χ4v) is 3.06. The molecule has 14 heteroatoms. The van der Waals surface area contributed by atoms with E-state index in [-0.39, 0.29) is 10.9 Å². The molecule has 0 saturated heterocycles. The summed E-state index contributed by atoms with van der Waals surface area (Å²) >= 11 is 0.460. The Morgan fingerprint density at radius 2 is 1.59 bits per heavy atom. The van der Waals surface area contributed by atoms with Gasteiger partial charge in [-0.05, 0) is 25.1 Å². The van der Waals surface area contributed by atoms with E-state index < -0.39 is 52.2 Å². The van der Waals surface area contributed by atoms with Crippen molar-refractivity contribution < 1.29 is 48.7 Å². The van der Waals surface area contributed by atoms with E-state index in [9.17, 15) is 48.7 Å². The molecule has 0 saturated carbocycles. The van der Waals surface area contributed by atoms with Crippen LogP contribution in [0.3, 0.4) is 0 Å². The maximum absolute atomic E-state index is 13.4. The molecule has 0 N–H and O–H groups in total. The lowest BCUT2D eigenvalue weighted by atomic mass is 10.1. The molecule has 1 aromatic heterocycles. The first-order valence-electron chi connectivity index (χ1n) is 7.30. The monoisotopic (exact) mass is 454 g/mol. The normalized spacial score (nSPS) is 14.0. The Morgan fingerprint density at radius 3 is 2.07 bits per heavy atom. The van der Waals surface area contributed by atoms with Crippen LogP contribution in [0.5, 0.6) is 0 Å². The molecule has 1 heterocycles. The first-order chi connectivity index (χ1) is 13.0. The molecule has 0 unspecified atom stereocenters. The van der Waals surface area contributed by atoms with Crippen LogP contribution in [0, 0.1) is 18.7 Å². The van der Waals surface area contributed by atoms with E-state index in [2.05, 4.69) is 4.99 Å². The van der Waals surface area contributed by atoms with Crippen LogP contribution in [-0.4, -0.2) is 22.8 Å². The van der Waals surface area contributed by atoms with Crippen LogP contribution >= 0.6 is 11.3 Å². The van der Waals surface area contributed by atoms with Crippen LogP contribution in [0.25, 0.3) is 5.69 Å². The summed E-state index contributed by atoms with van der Waals surface area (Å²) in [6, 6.07) is 1.50. The molecule has 0 aliphatic heterocycles. The van der Waals surface area contributed by atoms with E-state index in [1.54, 1.807) is 0 Å². The summed E-state index contributed by atoms with van der Waals surface area (Å²) in [4.78, 5) is 13.9. The second-order valence-corrected chi connectivity index (χ2v) is 6.84. The molecule has 0 bridgehead atoms. The Kier molecular flexibility index (Phi) is 5.89. The minimum absolute atomic E-state index is 0.199. The van der Waals surface area contributed by atoms with E-state index in [4.69, 9.17) is 0 Å². The van der Waals surface area contributed by atoms with Gasteiger partial charge in [-0.2, -0.15) is 44.5 Å². The summed E-state index contributed by atoms with van der Waals surface area (Å²) in [5.41, 5.74) is -2.18. The second-order valence-electron chi connectivity index (χ2n) is 5.62. The summed E-state index contributed by atoms with van der Waals surface area (Å²) < 4.78 is 129. The van der Waals surface area contributed by atoms with Gasteiger partial charge in [0.25, 0.3) is 5.91 Å². The molecule has 0 aliphatic rings. The van der Waals surface area contributed by atoms with Crippen molar-refractivity contribution in [2.75, 3.05) is 0 Å². The minimum atomic E-state index is -5.98. The Morgan fingerprint density at radius 1 is 1.03 bits per heavy atom. The lowest BCUT2D eigenvalue weighted by Crippen LogP contribution is -2.42. The van der Waals surface area contributed by atoms with Gasteiger partial charge in [-0.15, -0.1) is 11.3 Å². The zero-order chi connectivity index (χ0) is 22.4. The third kappa shape index (κ3) is 5.16. The van der Waals surface area contributed by atoms with E-state index in [1.165, 1.54) is 6.92 Å². The van der Waals surface area contributed by atoms with E-state index in [0.29, 0.717) is 22.0 Å². The summed E-state index contributed by atoms with van der Waals surface area (Å²) in [6.45, 7) is 1.32. The fourth-order valence-electron chi connectivity index (χ4n) is 2.22. The highest BCUT2D eigenvalue weighted by Crippen LogP contribution is 2.40. The number of benzene rings is 1. The van der Waals surface area contributed by atoms with Crippen molar-refractivity contribution in [2.24, 2.45) is 10.9 Å². The Bertz CT molecular complexity index is 967. The van der Waals surface area contributed by atoms with Gasteiger partial charge in [-0.1, -0.05) is 0 Å². The minimum Gasteiger partial charge on any atom is -0.292 e. The number of hydrogen-bond donors (Lipinski definition) is 0. The van der Waals surface area contributed by atoms with Crippen molar-refractivity contribution in [1.82, 2.24) is 4.57 Å². The predicted molar refractivity (Wildman–Crippen MR) is 79.5 cm³/mol. The summed E-state index contributed by atoms with van der Waals surface area (Å²) in [5.74, 6) is -8.62. The number of thiazole rings is 1. The molecule has 3 nitrogen and oxygen atoms in total. The van der Waals surface area contributed by atoms with Gasteiger partial charge in [0.1, 0.15) is 5.82 Å². The molecule has 2 rings (SSSR count). The van der Waals surface area contributed by atoms with Gasteiger partial charge in [0.15, 0.2) is 4.80 Å². The maximum Gasteiger partial charge on any atom is 0.419 e. The Labute approximate surface area is 158 Å². The van der Waals surface area contributed by atoms with Crippen molar-refractivity contribution in [3.8, 4) is 5.69 Å². The van der Waals surface area contributed by atoms with E-state index >= 15 is 0 Å². The molecule has 0 fully saturated rings. The summed E-state index contributed by atoms with van der Waals surface area (Å²) in [5, 5.41) is 0. The zero-order valence-electron chi connectivity index (χ0n) is 13.9. The largest absolute Gasteiger partial charge is 0.419 e. The molecule has 0 atom stereocenters. The van der Waals surface area contributed by atoms with Crippen LogP contribution in [0.4, 0.5) is 43.9 Å². The molecule has 1 amide bonds. The number of nitrogens with zero attached hydrogens (tertiary/aromatic N) is 2. The number of alkyl halides is 9. The highest BCUT2D eigenvalue weighted by Gasteiger charge is 2.61. The Hall–Kier alpha value is -2.38. The summed E-state index contributed by atoms with van der Waals surface area (Å²) in [7, 11) is 0. The van der Waals surface area contributed by atoms with Crippen LogP contribution in [0.1, 0.15) is 10.4 Å². The van der Waals surface area contributed by atoms with Gasteiger partial charge in [-0.3, -0.25) is 9.36 Å². The second kappa shape index (κ2) is 7.46. The number of amides is 1. The molecular formula is C15H8F10N2OS. The number of carbonyl (C=O) groups is 1. The molecule has 0 spiro atoms. The van der Waals surface area contributed by atoms with Crippen molar-refractivity contribution >= 4 is 17.2 Å². The molecule has 29 heavy (non-hydrogen) atoms. The molecular weight excluding hydrogens is 446 g/mol. The van der Waals surface area contributed by atoms with Gasteiger partial charge in [0.05, 0.1) is 5.56 Å². The lowest BCUT2D eigenvalue weighted by Gasteiger charge is -2.19. The number of aromatic nitrogens is 1. The number of hydrogen-bond acceptors (Lipinski definition) is 2. The fraction of sp³-hybridized carbons (Fsp3) is 0.333. The van der Waals surface area contributed by atoms with E-state index in [1.807, 2.05) is 0 Å². The van der Waals surface area contributed by atoms with E-state index in [0.717, 1.165) is 12.3 Å². The quantitative estimate of drug-likeness (QED) is 0.577. The van der Waals surface area contributed by atoms with Crippen molar-refractivity contribution in [2.45, 2.75) is 25.5 Å². The van der Waals surface area contributed by atoms with Crippen LogP contribution in [0.15, 0.2) is 29.4 Å². The van der Waals surface area contributed by atoms with Gasteiger partial charge in [0, 0.05) is 16.8 Å². The molecule has 160 valence electrons. The molecule has 1 aromatic carbocycles. The third-order valence-corrected chi connectivity index (χ3v) is 4.31. The zero-order valence-corrected chi connectivity index (χ0v) is 14.7. The van der Waals surface area contributed by atoms with Crippen molar-refractivity contribution in [3.05, 3.63) is 45.5 Å². The number of rotatable bonds is 2. The SMILES string of the molecule is Cc1cn(-c2ccc(F)c(C(F)(F)F)c2)c(=NC(=O)C(C(F)(F)F)C(F)(F)F)s1. The first-order valence-corrected chi connectivity index (χ1v) is 8.11. The van der Waals surface area contributed by atoms with Gasteiger partial charge >= 0.3 is 18.5 Å². The third-order valence-electron chi connectivity index (χ3n) is 3.41. The highest BCUT2D eigenvalue weighted by atomic mass is 32.1. The first kappa shape index (κ1) is 22.9. The van der Waals surface area contributed by atoms with Gasteiger partial charge in [-0.25, -0.2) is 4.39 Å². The maximum atomic E-state index is 13.4. The van der Waals surface area contributed by atoms with Gasteiger partial charge in [0.2, 0.25) is 5.92 Å². The number of halogens is 10. The van der Waals surface area contributed by atoms with Gasteiger partial charge < -0.3 is 0 Å². The Balaban J connectivity index is 2.64.